The number of pyridine rings is 1. The maximum Gasteiger partial charge on any atom is 0.242 e. The molecule has 1 amide bonds. The van der Waals surface area contributed by atoms with Crippen LogP contribution < -0.4 is 10.0 Å². The number of benzene rings is 1. The number of para-hydroxylation sites is 1. The SMILES string of the molecule is O=C(CCNS(=O)(=O)c1cccnc1)Nc1ccccc1F. The average molecular weight is 323 g/mol. The first-order valence-corrected chi connectivity index (χ1v) is 7.91. The highest BCUT2D eigenvalue weighted by atomic mass is 32.2. The predicted molar refractivity (Wildman–Crippen MR) is 79.1 cm³/mol. The lowest BCUT2D eigenvalue weighted by Gasteiger charge is -2.08. The van der Waals surface area contributed by atoms with Crippen molar-refractivity contribution in [2.75, 3.05) is 11.9 Å². The summed E-state index contributed by atoms with van der Waals surface area (Å²) in [7, 11) is -3.70. The van der Waals surface area contributed by atoms with Crippen molar-refractivity contribution in [1.82, 2.24) is 9.71 Å². The molecule has 0 saturated carbocycles. The molecule has 0 bridgehead atoms. The minimum atomic E-state index is -3.70. The molecule has 0 aliphatic rings. The minimum Gasteiger partial charge on any atom is -0.324 e. The molecule has 0 fully saturated rings. The molecule has 0 aliphatic heterocycles. The molecule has 0 radical (unpaired) electrons. The quantitative estimate of drug-likeness (QED) is 0.844. The number of rotatable bonds is 6. The van der Waals surface area contributed by atoms with Crippen molar-refractivity contribution in [3.63, 3.8) is 0 Å². The Kier molecular flexibility index (Phi) is 5.18. The molecule has 1 aromatic carbocycles. The summed E-state index contributed by atoms with van der Waals surface area (Å²) >= 11 is 0. The summed E-state index contributed by atoms with van der Waals surface area (Å²) in [4.78, 5) is 15.4. The van der Waals surface area contributed by atoms with Crippen molar-refractivity contribution in [2.45, 2.75) is 11.3 Å². The van der Waals surface area contributed by atoms with E-state index in [1.807, 2.05) is 0 Å². The normalized spacial score (nSPS) is 11.1. The number of hydrogen-bond donors (Lipinski definition) is 2. The van der Waals surface area contributed by atoms with Crippen LogP contribution in [0.5, 0.6) is 0 Å². The van der Waals surface area contributed by atoms with Gasteiger partial charge in [-0.1, -0.05) is 12.1 Å². The molecule has 22 heavy (non-hydrogen) atoms. The van der Waals surface area contributed by atoms with E-state index in [1.165, 1.54) is 42.7 Å². The highest BCUT2D eigenvalue weighted by Gasteiger charge is 2.14. The van der Waals surface area contributed by atoms with E-state index in [2.05, 4.69) is 15.0 Å². The first kappa shape index (κ1) is 16.1. The molecule has 0 spiro atoms. The summed E-state index contributed by atoms with van der Waals surface area (Å²) in [5.41, 5.74) is 0.0580. The third-order valence-corrected chi connectivity index (χ3v) is 4.18. The van der Waals surface area contributed by atoms with Crippen LogP contribution in [0.25, 0.3) is 0 Å². The second-order valence-electron chi connectivity index (χ2n) is 4.36. The standard InChI is InChI=1S/C14H14FN3O3S/c15-12-5-1-2-6-13(12)18-14(19)7-9-17-22(20,21)11-4-3-8-16-10-11/h1-6,8,10,17H,7,9H2,(H,18,19). The van der Waals surface area contributed by atoms with Gasteiger partial charge in [0.05, 0.1) is 5.69 Å². The number of sulfonamides is 1. The van der Waals surface area contributed by atoms with Crippen molar-refractivity contribution in [2.24, 2.45) is 0 Å². The highest BCUT2D eigenvalue weighted by Crippen LogP contribution is 2.12. The number of halogens is 1. The van der Waals surface area contributed by atoms with Crippen LogP contribution in [0.15, 0.2) is 53.7 Å². The fraction of sp³-hybridized carbons (Fsp3) is 0.143. The molecule has 8 heteroatoms. The first-order valence-electron chi connectivity index (χ1n) is 6.43. The molecule has 0 aliphatic carbocycles. The maximum atomic E-state index is 13.3. The van der Waals surface area contributed by atoms with E-state index in [9.17, 15) is 17.6 Å². The van der Waals surface area contributed by atoms with E-state index in [1.54, 1.807) is 6.07 Å². The average Bonchev–Trinajstić information content (AvgIpc) is 2.50. The molecule has 1 aromatic heterocycles. The van der Waals surface area contributed by atoms with E-state index in [0.717, 1.165) is 0 Å². The third-order valence-electron chi connectivity index (χ3n) is 2.74. The summed E-state index contributed by atoms with van der Waals surface area (Å²) in [6.07, 6.45) is 2.55. The summed E-state index contributed by atoms with van der Waals surface area (Å²) in [6, 6.07) is 8.64. The van der Waals surface area contributed by atoms with Crippen molar-refractivity contribution in [1.29, 1.82) is 0 Å². The zero-order chi connectivity index (χ0) is 16.0. The Hall–Kier alpha value is -2.32. The number of nitrogens with one attached hydrogen (secondary N) is 2. The molecule has 2 N–H and O–H groups in total. The number of anilines is 1. The summed E-state index contributed by atoms with van der Waals surface area (Å²) in [6.45, 7) is -0.0997. The van der Waals surface area contributed by atoms with Gasteiger partial charge in [0, 0.05) is 25.4 Å². The van der Waals surface area contributed by atoms with Gasteiger partial charge < -0.3 is 5.32 Å². The van der Waals surface area contributed by atoms with E-state index < -0.39 is 21.7 Å². The molecule has 2 aromatic rings. The number of aromatic nitrogens is 1. The Morgan fingerprint density at radius 1 is 1.18 bits per heavy atom. The van der Waals surface area contributed by atoms with Crippen LogP contribution in [0.3, 0.4) is 0 Å². The number of carbonyl (C=O) groups excluding carboxylic acids is 1. The smallest absolute Gasteiger partial charge is 0.242 e. The Bertz CT molecular complexity index is 751. The summed E-state index contributed by atoms with van der Waals surface area (Å²) in [5, 5.41) is 2.38. The molecular weight excluding hydrogens is 309 g/mol. The Labute approximate surface area is 127 Å². The second kappa shape index (κ2) is 7.10. The van der Waals surface area contributed by atoms with Crippen molar-refractivity contribution < 1.29 is 17.6 Å². The zero-order valence-corrected chi connectivity index (χ0v) is 12.3. The predicted octanol–water partition coefficient (Wildman–Crippen LogP) is 1.53. The van der Waals surface area contributed by atoms with Gasteiger partial charge in [-0.2, -0.15) is 0 Å². The Morgan fingerprint density at radius 3 is 2.64 bits per heavy atom. The van der Waals surface area contributed by atoms with Gasteiger partial charge in [0.1, 0.15) is 10.7 Å². The van der Waals surface area contributed by atoms with Gasteiger partial charge in [-0.05, 0) is 24.3 Å². The molecule has 0 atom stereocenters. The monoisotopic (exact) mass is 323 g/mol. The fourth-order valence-corrected chi connectivity index (χ4v) is 2.66. The molecule has 116 valence electrons. The van der Waals surface area contributed by atoms with Crippen LogP contribution in [-0.2, 0) is 14.8 Å². The van der Waals surface area contributed by atoms with Crippen molar-refractivity contribution in [3.05, 3.63) is 54.6 Å². The lowest BCUT2D eigenvalue weighted by molar-refractivity contribution is -0.116. The van der Waals surface area contributed by atoms with Crippen LogP contribution in [0.4, 0.5) is 10.1 Å². The van der Waals surface area contributed by atoms with E-state index >= 15 is 0 Å². The van der Waals surface area contributed by atoms with Crippen LogP contribution in [-0.4, -0.2) is 25.9 Å². The van der Waals surface area contributed by atoms with Crippen LogP contribution in [0.1, 0.15) is 6.42 Å². The van der Waals surface area contributed by atoms with Gasteiger partial charge in [0.15, 0.2) is 0 Å². The van der Waals surface area contributed by atoms with Crippen LogP contribution >= 0.6 is 0 Å². The van der Waals surface area contributed by atoms with Crippen LogP contribution in [0, 0.1) is 5.82 Å². The first-order chi connectivity index (χ1) is 10.5. The second-order valence-corrected chi connectivity index (χ2v) is 6.13. The number of carbonyl (C=O) groups is 1. The molecule has 2 rings (SSSR count). The lowest BCUT2D eigenvalue weighted by Crippen LogP contribution is -2.28. The number of amides is 1. The molecule has 1 heterocycles. The van der Waals surface area contributed by atoms with Gasteiger partial charge in [-0.3, -0.25) is 9.78 Å². The molecule has 0 saturated heterocycles. The third kappa shape index (κ3) is 4.34. The topological polar surface area (TPSA) is 88.2 Å². The maximum absolute atomic E-state index is 13.3. The van der Waals surface area contributed by atoms with Crippen LogP contribution in [0.2, 0.25) is 0 Å². The number of hydrogen-bond acceptors (Lipinski definition) is 4. The fourth-order valence-electron chi connectivity index (χ4n) is 1.66. The lowest BCUT2D eigenvalue weighted by atomic mass is 10.3. The molecular formula is C14H14FN3O3S. The summed E-state index contributed by atoms with van der Waals surface area (Å²) in [5.74, 6) is -1.04. The Balaban J connectivity index is 1.86. The van der Waals surface area contributed by atoms with Crippen molar-refractivity contribution in [3.8, 4) is 0 Å². The van der Waals surface area contributed by atoms with E-state index in [4.69, 9.17) is 0 Å². The molecule has 6 nitrogen and oxygen atoms in total. The zero-order valence-electron chi connectivity index (χ0n) is 11.5. The van der Waals surface area contributed by atoms with Gasteiger partial charge >= 0.3 is 0 Å². The highest BCUT2D eigenvalue weighted by molar-refractivity contribution is 7.89. The largest absolute Gasteiger partial charge is 0.324 e. The van der Waals surface area contributed by atoms with Gasteiger partial charge in [-0.25, -0.2) is 17.5 Å². The van der Waals surface area contributed by atoms with Gasteiger partial charge in [-0.15, -0.1) is 0 Å². The summed E-state index contributed by atoms with van der Waals surface area (Å²) < 4.78 is 39.4. The molecule has 0 unspecified atom stereocenters. The van der Waals surface area contributed by atoms with E-state index in [0.29, 0.717) is 0 Å². The van der Waals surface area contributed by atoms with Gasteiger partial charge in [0.2, 0.25) is 15.9 Å². The van der Waals surface area contributed by atoms with Gasteiger partial charge in [0.25, 0.3) is 0 Å². The van der Waals surface area contributed by atoms with Crippen molar-refractivity contribution >= 4 is 21.6 Å². The number of nitrogens with zero attached hydrogens (tertiary/aromatic N) is 1. The van der Waals surface area contributed by atoms with E-state index in [-0.39, 0.29) is 23.5 Å². The Morgan fingerprint density at radius 2 is 1.95 bits per heavy atom. The minimum absolute atomic E-state index is 0.0181.